The van der Waals surface area contributed by atoms with Crippen molar-refractivity contribution in [2.24, 2.45) is 0 Å². The monoisotopic (exact) mass is 251 g/mol. The molecule has 1 aliphatic rings. The average Bonchev–Trinajstić information content (AvgIpc) is 2.14. The van der Waals surface area contributed by atoms with Crippen molar-refractivity contribution >= 4 is 21.4 Å². The standard InChI is InChI=1S/C10H18ClNO2S/c1-8(11)7-12-9-4-3-5-10(6-9)15(2,13)14/h9-10,12H,1,3-7H2,2H3. The van der Waals surface area contributed by atoms with Crippen LogP contribution in [-0.2, 0) is 9.84 Å². The van der Waals surface area contributed by atoms with Crippen LogP contribution in [0.15, 0.2) is 11.6 Å². The van der Waals surface area contributed by atoms with Crippen LogP contribution in [0.3, 0.4) is 0 Å². The largest absolute Gasteiger partial charge is 0.309 e. The van der Waals surface area contributed by atoms with E-state index in [9.17, 15) is 8.42 Å². The van der Waals surface area contributed by atoms with Gasteiger partial charge in [-0.05, 0) is 19.3 Å². The third-order valence-corrected chi connectivity index (χ3v) is 4.59. The molecular weight excluding hydrogens is 234 g/mol. The summed E-state index contributed by atoms with van der Waals surface area (Å²) in [6.45, 7) is 4.15. The van der Waals surface area contributed by atoms with Gasteiger partial charge in [-0.3, -0.25) is 0 Å². The highest BCUT2D eigenvalue weighted by molar-refractivity contribution is 7.91. The van der Waals surface area contributed by atoms with Crippen molar-refractivity contribution in [1.29, 1.82) is 0 Å². The molecule has 88 valence electrons. The third-order valence-electron chi connectivity index (χ3n) is 2.81. The van der Waals surface area contributed by atoms with Crippen molar-refractivity contribution in [3.05, 3.63) is 11.6 Å². The molecule has 0 saturated heterocycles. The molecule has 0 aliphatic heterocycles. The van der Waals surface area contributed by atoms with Gasteiger partial charge in [-0.1, -0.05) is 24.6 Å². The molecule has 0 amide bonds. The van der Waals surface area contributed by atoms with E-state index >= 15 is 0 Å². The Morgan fingerprint density at radius 1 is 1.53 bits per heavy atom. The van der Waals surface area contributed by atoms with Crippen molar-refractivity contribution in [2.75, 3.05) is 12.8 Å². The van der Waals surface area contributed by atoms with Gasteiger partial charge in [-0.25, -0.2) is 8.42 Å². The van der Waals surface area contributed by atoms with E-state index in [1.54, 1.807) is 0 Å². The van der Waals surface area contributed by atoms with Crippen LogP contribution >= 0.6 is 11.6 Å². The molecule has 15 heavy (non-hydrogen) atoms. The van der Waals surface area contributed by atoms with Gasteiger partial charge in [0.2, 0.25) is 0 Å². The number of rotatable bonds is 4. The van der Waals surface area contributed by atoms with Gasteiger partial charge in [-0.15, -0.1) is 0 Å². The van der Waals surface area contributed by atoms with Gasteiger partial charge >= 0.3 is 0 Å². The Kier molecular flexibility index (Phi) is 4.62. The maximum absolute atomic E-state index is 11.4. The summed E-state index contributed by atoms with van der Waals surface area (Å²) in [5.41, 5.74) is 0. The fourth-order valence-electron chi connectivity index (χ4n) is 1.97. The van der Waals surface area contributed by atoms with E-state index in [0.29, 0.717) is 18.0 Å². The molecule has 1 aliphatic carbocycles. The molecule has 2 unspecified atom stereocenters. The van der Waals surface area contributed by atoms with Crippen LogP contribution in [0.5, 0.6) is 0 Å². The van der Waals surface area contributed by atoms with Gasteiger partial charge in [-0.2, -0.15) is 0 Å². The number of sulfone groups is 1. The first-order chi connectivity index (χ1) is 6.89. The highest BCUT2D eigenvalue weighted by Crippen LogP contribution is 2.23. The fourth-order valence-corrected chi connectivity index (χ4v) is 3.23. The summed E-state index contributed by atoms with van der Waals surface area (Å²) < 4.78 is 22.8. The van der Waals surface area contributed by atoms with E-state index in [-0.39, 0.29) is 11.3 Å². The number of nitrogens with one attached hydrogen (secondary N) is 1. The van der Waals surface area contributed by atoms with Crippen LogP contribution in [0.1, 0.15) is 25.7 Å². The van der Waals surface area contributed by atoms with Crippen molar-refractivity contribution in [3.63, 3.8) is 0 Å². The molecule has 2 atom stereocenters. The lowest BCUT2D eigenvalue weighted by Gasteiger charge is -2.28. The summed E-state index contributed by atoms with van der Waals surface area (Å²) in [5, 5.41) is 3.61. The first-order valence-corrected chi connectivity index (χ1v) is 7.48. The number of hydrogen-bond donors (Lipinski definition) is 1. The zero-order valence-corrected chi connectivity index (χ0v) is 10.6. The molecule has 3 nitrogen and oxygen atoms in total. The van der Waals surface area contributed by atoms with Gasteiger partial charge in [0, 0.05) is 23.9 Å². The molecule has 0 bridgehead atoms. The van der Waals surface area contributed by atoms with Crippen molar-refractivity contribution in [3.8, 4) is 0 Å². The Labute approximate surface area is 96.8 Å². The second-order valence-electron chi connectivity index (χ2n) is 4.21. The first-order valence-electron chi connectivity index (χ1n) is 5.15. The lowest BCUT2D eigenvalue weighted by Crippen LogP contribution is -2.39. The van der Waals surface area contributed by atoms with Gasteiger partial charge in [0.25, 0.3) is 0 Å². The lowest BCUT2D eigenvalue weighted by molar-refractivity contribution is 0.382. The summed E-state index contributed by atoms with van der Waals surface area (Å²) in [5.74, 6) is 0. The van der Waals surface area contributed by atoms with Gasteiger partial charge in [0.05, 0.1) is 5.25 Å². The predicted molar refractivity (Wildman–Crippen MR) is 63.9 cm³/mol. The first kappa shape index (κ1) is 13.0. The molecular formula is C10H18ClNO2S. The van der Waals surface area contributed by atoms with Crippen LogP contribution in [0.2, 0.25) is 0 Å². The van der Waals surface area contributed by atoms with E-state index in [2.05, 4.69) is 11.9 Å². The highest BCUT2D eigenvalue weighted by Gasteiger charge is 2.28. The van der Waals surface area contributed by atoms with Crippen molar-refractivity contribution < 1.29 is 8.42 Å². The zero-order valence-electron chi connectivity index (χ0n) is 9.00. The molecule has 0 aromatic rings. The van der Waals surface area contributed by atoms with Crippen molar-refractivity contribution in [2.45, 2.75) is 37.0 Å². The SMILES string of the molecule is C=C(Cl)CNC1CCCC(S(C)(=O)=O)C1. The third kappa shape index (κ3) is 4.53. The summed E-state index contributed by atoms with van der Waals surface area (Å²) in [7, 11) is -2.89. The van der Waals surface area contributed by atoms with Gasteiger partial charge in [0.15, 0.2) is 0 Å². The maximum atomic E-state index is 11.4. The van der Waals surface area contributed by atoms with Crippen LogP contribution in [-0.4, -0.2) is 32.5 Å². The smallest absolute Gasteiger partial charge is 0.150 e. The highest BCUT2D eigenvalue weighted by atomic mass is 35.5. The second-order valence-corrected chi connectivity index (χ2v) is 7.07. The van der Waals surface area contributed by atoms with E-state index in [0.717, 1.165) is 19.3 Å². The Morgan fingerprint density at radius 2 is 2.20 bits per heavy atom. The quantitative estimate of drug-likeness (QED) is 0.827. The molecule has 5 heteroatoms. The summed E-state index contributed by atoms with van der Waals surface area (Å²) in [6, 6.07) is 0.258. The van der Waals surface area contributed by atoms with E-state index < -0.39 is 9.84 Å². The number of halogens is 1. The Balaban J connectivity index is 2.46. The summed E-state index contributed by atoms with van der Waals surface area (Å²) in [6.07, 6.45) is 4.79. The Morgan fingerprint density at radius 3 is 2.73 bits per heavy atom. The molecule has 1 saturated carbocycles. The molecule has 0 aromatic heterocycles. The van der Waals surface area contributed by atoms with Crippen molar-refractivity contribution in [1.82, 2.24) is 5.32 Å². The van der Waals surface area contributed by atoms with E-state index in [4.69, 9.17) is 11.6 Å². The average molecular weight is 252 g/mol. The Bertz CT molecular complexity index is 326. The molecule has 1 N–H and O–H groups in total. The topological polar surface area (TPSA) is 46.2 Å². The molecule has 1 fully saturated rings. The molecule has 0 heterocycles. The van der Waals surface area contributed by atoms with Crippen LogP contribution in [0.25, 0.3) is 0 Å². The molecule has 1 rings (SSSR count). The van der Waals surface area contributed by atoms with Crippen LogP contribution in [0, 0.1) is 0 Å². The zero-order chi connectivity index (χ0) is 11.5. The lowest BCUT2D eigenvalue weighted by atomic mass is 9.95. The summed E-state index contributed by atoms with van der Waals surface area (Å²) >= 11 is 5.65. The Hall–Kier alpha value is -0.0600. The minimum Gasteiger partial charge on any atom is -0.309 e. The minimum absolute atomic E-state index is 0.188. The molecule has 0 spiro atoms. The summed E-state index contributed by atoms with van der Waals surface area (Å²) in [4.78, 5) is 0. The van der Waals surface area contributed by atoms with E-state index in [1.165, 1.54) is 6.26 Å². The molecule has 0 aromatic carbocycles. The second kappa shape index (κ2) is 5.32. The van der Waals surface area contributed by atoms with E-state index in [1.807, 2.05) is 0 Å². The fraction of sp³-hybridized carbons (Fsp3) is 0.800. The van der Waals surface area contributed by atoms with Crippen LogP contribution in [0.4, 0.5) is 0 Å². The normalized spacial score (nSPS) is 27.6. The van der Waals surface area contributed by atoms with Gasteiger partial charge in [0.1, 0.15) is 9.84 Å². The number of hydrogen-bond acceptors (Lipinski definition) is 3. The van der Waals surface area contributed by atoms with Crippen LogP contribution < -0.4 is 5.32 Å². The predicted octanol–water partition coefficient (Wildman–Crippen LogP) is 1.68. The molecule has 0 radical (unpaired) electrons. The maximum Gasteiger partial charge on any atom is 0.150 e. The van der Waals surface area contributed by atoms with Gasteiger partial charge < -0.3 is 5.32 Å². The minimum atomic E-state index is -2.89.